The summed E-state index contributed by atoms with van der Waals surface area (Å²) >= 11 is 6.27. The highest BCUT2D eigenvalue weighted by Gasteiger charge is 2.67. The summed E-state index contributed by atoms with van der Waals surface area (Å²) in [6.07, 6.45) is 1.20. The van der Waals surface area contributed by atoms with Gasteiger partial charge in [0.25, 0.3) is 5.91 Å². The van der Waals surface area contributed by atoms with E-state index >= 15 is 0 Å². The van der Waals surface area contributed by atoms with Crippen molar-refractivity contribution in [1.82, 2.24) is 20.1 Å². The van der Waals surface area contributed by atoms with Crippen LogP contribution in [0.15, 0.2) is 30.3 Å². The van der Waals surface area contributed by atoms with Gasteiger partial charge in [0.15, 0.2) is 0 Å². The molecule has 0 spiro atoms. The van der Waals surface area contributed by atoms with E-state index in [9.17, 15) is 9.59 Å². The molecule has 2 amide bonds. The molecule has 1 saturated heterocycles. The number of fused-ring (bicyclic) bond motifs is 1. The summed E-state index contributed by atoms with van der Waals surface area (Å²) in [7, 11) is 0. The van der Waals surface area contributed by atoms with Gasteiger partial charge in [-0.05, 0) is 77.6 Å². The Balaban J connectivity index is 1.22. The molecule has 1 aromatic heterocycles. The van der Waals surface area contributed by atoms with Gasteiger partial charge in [0.2, 0.25) is 5.69 Å². The van der Waals surface area contributed by atoms with Crippen molar-refractivity contribution in [1.29, 1.82) is 0 Å². The number of nitrogens with one attached hydrogen (secondary N) is 1. The van der Waals surface area contributed by atoms with Gasteiger partial charge in [0.05, 0.1) is 34.9 Å². The molecule has 2 aliphatic heterocycles. The molecule has 1 saturated carbocycles. The molecule has 47 heavy (non-hydrogen) atoms. The van der Waals surface area contributed by atoms with Crippen LogP contribution in [0.5, 0.6) is 5.75 Å². The van der Waals surface area contributed by atoms with E-state index in [1.165, 1.54) is 0 Å². The fourth-order valence-corrected chi connectivity index (χ4v) is 8.00. The highest BCUT2D eigenvalue weighted by Crippen LogP contribution is 2.59. The van der Waals surface area contributed by atoms with E-state index in [0.717, 1.165) is 18.5 Å². The molecule has 10 heteroatoms. The molecule has 1 aliphatic carbocycles. The first-order valence-corrected chi connectivity index (χ1v) is 16.6. The maximum Gasteiger partial charge on any atom is 0.410 e. The molecular weight excluding hydrogens is 614 g/mol. The van der Waals surface area contributed by atoms with Gasteiger partial charge in [-0.2, -0.15) is 0 Å². The molecule has 1 N–H and O–H groups in total. The third kappa shape index (κ3) is 7.08. The molecular formula is C37H46ClN5O4. The predicted octanol–water partition coefficient (Wildman–Crippen LogP) is 7.24. The molecule has 250 valence electrons. The number of nitrogens with zero attached hydrogens (tertiary/aromatic N) is 4. The number of aromatic nitrogens is 1. The topological polar surface area (TPSA) is 88.4 Å². The van der Waals surface area contributed by atoms with E-state index in [1.807, 2.05) is 51.7 Å². The third-order valence-electron chi connectivity index (χ3n) is 9.37. The molecule has 3 aliphatic rings. The van der Waals surface area contributed by atoms with Gasteiger partial charge in [0.1, 0.15) is 23.1 Å². The van der Waals surface area contributed by atoms with Crippen molar-refractivity contribution in [3.8, 4) is 17.6 Å². The van der Waals surface area contributed by atoms with Crippen molar-refractivity contribution >= 4 is 29.3 Å². The minimum Gasteiger partial charge on any atom is -0.489 e. The molecule has 9 nitrogen and oxygen atoms in total. The minimum atomic E-state index is -0.506. The lowest BCUT2D eigenvalue weighted by Gasteiger charge is -2.65. The van der Waals surface area contributed by atoms with Crippen LogP contribution < -0.4 is 10.1 Å². The lowest BCUT2D eigenvalue weighted by molar-refractivity contribution is -0.199. The fourth-order valence-electron chi connectivity index (χ4n) is 7.79. The summed E-state index contributed by atoms with van der Waals surface area (Å²) in [6.45, 7) is 27.2. The number of benzene rings is 1. The van der Waals surface area contributed by atoms with Crippen molar-refractivity contribution in [2.75, 3.05) is 13.1 Å². The zero-order valence-corrected chi connectivity index (χ0v) is 29.7. The summed E-state index contributed by atoms with van der Waals surface area (Å²) in [5.41, 5.74) is 0.673. The first-order valence-electron chi connectivity index (χ1n) is 16.3. The highest BCUT2D eigenvalue weighted by molar-refractivity contribution is 6.33. The monoisotopic (exact) mass is 659 g/mol. The van der Waals surface area contributed by atoms with Crippen LogP contribution in [0.25, 0.3) is 4.85 Å². The lowest BCUT2D eigenvalue weighted by atomic mass is 9.49. The second-order valence-electron chi connectivity index (χ2n) is 15.7. The van der Waals surface area contributed by atoms with E-state index in [-0.39, 0.29) is 41.0 Å². The number of hydrogen-bond acceptors (Lipinski definition) is 6. The Morgan fingerprint density at radius 3 is 2.34 bits per heavy atom. The SMILES string of the molecule is [C-]#[N+]c1ccc(OC2C(C)(C)C(N3Cc4nc(C#CC(C)(C)NC5CCN(C(=O)OC(C)(C)C)CC5)ccc4C3=O)C2(C)C)cc1Cl. The van der Waals surface area contributed by atoms with Gasteiger partial charge in [-0.25, -0.2) is 14.6 Å². The maximum absolute atomic E-state index is 13.7. The average Bonchev–Trinajstić information content (AvgIpc) is 3.28. The fraction of sp³-hybridized carbons (Fsp3) is 0.568. The zero-order valence-electron chi connectivity index (χ0n) is 29.0. The zero-order chi connectivity index (χ0) is 34.5. The van der Waals surface area contributed by atoms with Gasteiger partial charge < -0.3 is 19.3 Å². The van der Waals surface area contributed by atoms with Crippen molar-refractivity contribution in [2.24, 2.45) is 10.8 Å². The highest BCUT2D eigenvalue weighted by atomic mass is 35.5. The maximum atomic E-state index is 13.7. The van der Waals surface area contributed by atoms with E-state index < -0.39 is 11.1 Å². The number of pyridine rings is 1. The second kappa shape index (κ2) is 12.3. The van der Waals surface area contributed by atoms with Crippen LogP contribution in [0.3, 0.4) is 0 Å². The molecule has 0 radical (unpaired) electrons. The van der Waals surface area contributed by atoms with Crippen LogP contribution >= 0.6 is 11.6 Å². The Bertz CT molecular complexity index is 1650. The van der Waals surface area contributed by atoms with E-state index in [0.29, 0.717) is 47.4 Å². The number of likely N-dealkylation sites (tertiary alicyclic amines) is 1. The first kappa shape index (κ1) is 34.5. The molecule has 0 bridgehead atoms. The molecule has 2 fully saturated rings. The van der Waals surface area contributed by atoms with Crippen molar-refractivity contribution < 1.29 is 19.1 Å². The molecule has 0 unspecified atom stereocenters. The van der Waals surface area contributed by atoms with Crippen LogP contribution in [-0.2, 0) is 11.3 Å². The van der Waals surface area contributed by atoms with Gasteiger partial charge >= 0.3 is 6.09 Å². The third-order valence-corrected chi connectivity index (χ3v) is 9.67. The normalized spacial score (nSPS) is 22.0. The molecule has 0 atom stereocenters. The summed E-state index contributed by atoms with van der Waals surface area (Å²) in [5, 5.41) is 4.00. The Hall–Kier alpha value is -3.79. The summed E-state index contributed by atoms with van der Waals surface area (Å²) in [5.74, 6) is 7.16. The Kier molecular flexibility index (Phi) is 9.07. The summed E-state index contributed by atoms with van der Waals surface area (Å²) in [4.78, 5) is 38.1. The Labute approximate surface area is 284 Å². The number of halogens is 1. The molecule has 5 rings (SSSR count). The predicted molar refractivity (Wildman–Crippen MR) is 183 cm³/mol. The number of piperidine rings is 1. The van der Waals surface area contributed by atoms with Crippen LogP contribution in [-0.4, -0.2) is 69.2 Å². The minimum absolute atomic E-state index is 0.0271. The van der Waals surface area contributed by atoms with Gasteiger partial charge in [-0.15, -0.1) is 0 Å². The quantitative estimate of drug-likeness (QED) is 0.269. The molecule has 3 heterocycles. The Morgan fingerprint density at radius 1 is 1.09 bits per heavy atom. The number of carbonyl (C=O) groups excluding carboxylic acids is 2. The second-order valence-corrected chi connectivity index (χ2v) is 16.1. The standard InChI is InChI=1S/C37H46ClN5O4/c1-34(2,3)47-33(45)42-19-16-24(17-20-42)41-35(4,5)18-15-23-11-13-26-29(40-23)22-43(30(26)44)31-36(6,7)32(37(31,8)9)46-25-12-14-28(39-10)27(38)21-25/h11-14,21,24,31-32,41H,16-17,19-20,22H2,1-9H3. The summed E-state index contributed by atoms with van der Waals surface area (Å²) in [6, 6.07) is 8.94. The number of amides is 2. The first-order chi connectivity index (χ1) is 21.8. The number of hydrogen-bond donors (Lipinski definition) is 1. The van der Waals surface area contributed by atoms with Crippen LogP contribution in [0.4, 0.5) is 10.5 Å². The van der Waals surface area contributed by atoms with Crippen molar-refractivity contribution in [3.63, 3.8) is 0 Å². The van der Waals surface area contributed by atoms with E-state index in [2.05, 4.69) is 49.7 Å². The average molecular weight is 660 g/mol. The number of ether oxygens (including phenoxy) is 2. The lowest BCUT2D eigenvalue weighted by Crippen LogP contribution is -2.74. The van der Waals surface area contributed by atoms with Gasteiger partial charge in [0, 0.05) is 36.0 Å². The number of rotatable bonds is 5. The largest absolute Gasteiger partial charge is 0.489 e. The van der Waals surface area contributed by atoms with Crippen LogP contribution in [0, 0.1) is 29.2 Å². The smallest absolute Gasteiger partial charge is 0.410 e. The van der Waals surface area contributed by atoms with Crippen molar-refractivity contribution in [3.05, 3.63) is 63.7 Å². The summed E-state index contributed by atoms with van der Waals surface area (Å²) < 4.78 is 12.0. The van der Waals surface area contributed by atoms with Crippen molar-refractivity contribution in [2.45, 2.75) is 111 Å². The van der Waals surface area contributed by atoms with Crippen LogP contribution in [0.2, 0.25) is 5.02 Å². The van der Waals surface area contributed by atoms with E-state index in [1.54, 1.807) is 23.1 Å². The molecule has 2 aromatic rings. The molecule has 1 aromatic carbocycles. The van der Waals surface area contributed by atoms with Gasteiger partial charge in [-0.3, -0.25) is 10.1 Å². The van der Waals surface area contributed by atoms with Crippen LogP contribution in [0.1, 0.15) is 96.9 Å². The van der Waals surface area contributed by atoms with Gasteiger partial charge in [-0.1, -0.05) is 51.3 Å². The Morgan fingerprint density at radius 2 is 1.74 bits per heavy atom. The number of carbonyl (C=O) groups is 2. The van der Waals surface area contributed by atoms with E-state index in [4.69, 9.17) is 32.6 Å².